The Bertz CT molecular complexity index is 596. The van der Waals surface area contributed by atoms with E-state index in [2.05, 4.69) is 6.58 Å². The molecule has 1 aromatic rings. The fourth-order valence-corrected chi connectivity index (χ4v) is 2.62. The molecule has 0 radical (unpaired) electrons. The summed E-state index contributed by atoms with van der Waals surface area (Å²) in [6.45, 7) is 5.46. The topological polar surface area (TPSA) is 42.2 Å². The van der Waals surface area contributed by atoms with Crippen molar-refractivity contribution in [2.75, 3.05) is 0 Å². The third-order valence-corrected chi connectivity index (χ3v) is 3.87. The molecule has 100 valence electrons. The van der Waals surface area contributed by atoms with Crippen molar-refractivity contribution in [2.45, 2.75) is 12.8 Å². The van der Waals surface area contributed by atoms with E-state index in [0.717, 1.165) is 17.7 Å². The average molecular weight is 278 g/mol. The molecule has 0 amide bonds. The van der Waals surface area contributed by atoms with E-state index in [1.165, 1.54) is 0 Å². The van der Waals surface area contributed by atoms with Crippen LogP contribution in [0.15, 0.2) is 35.9 Å². The number of hydrogen-bond acceptors (Lipinski definition) is 2. The minimum atomic E-state index is -0.240. The Hall–Kier alpha value is -1.74. The Balaban J connectivity index is 2.52. The minimum absolute atomic E-state index is 0.0310. The lowest BCUT2D eigenvalue weighted by molar-refractivity contribution is -0.110. The molecular weight excluding hydrogens is 262 g/mol. The number of aliphatic hydroxyl groups is 1. The van der Waals surface area contributed by atoms with Gasteiger partial charge in [-0.1, -0.05) is 30.3 Å². The number of allylic oxidation sites excluding steroid dienone is 4. The zero-order valence-corrected chi connectivity index (χ0v) is 11.7. The molecule has 1 aliphatic rings. The van der Waals surface area contributed by atoms with E-state index in [4.69, 9.17) is 11.6 Å². The summed E-state index contributed by atoms with van der Waals surface area (Å²) >= 11 is 6.03. The number of carbonyl (C=O) groups is 1. The Labute approximate surface area is 117 Å². The van der Waals surface area contributed by atoms with Crippen LogP contribution < -0.4 is 0 Å². The van der Waals surface area contributed by atoms with Crippen LogP contribution in [0.2, 0.25) is 0 Å². The van der Waals surface area contributed by atoms with Gasteiger partial charge in [0.05, 0.1) is 0 Å². The van der Waals surface area contributed by atoms with Gasteiger partial charge in [0.25, 0.3) is 0 Å². The second-order valence-electron chi connectivity index (χ2n) is 4.72. The van der Waals surface area contributed by atoms with Gasteiger partial charge >= 0.3 is 0 Å². The van der Waals surface area contributed by atoms with Gasteiger partial charge in [0.2, 0.25) is 0 Å². The highest BCUT2D eigenvalue weighted by atomic mass is 35.5. The van der Waals surface area contributed by atoms with E-state index in [9.17, 15) is 9.90 Å². The molecular formula is C15H16ClNO2. The standard InChI is InChI=1S/C15H16ClNO2/c1-9-13(10(2)19)7-15(17(9)3)14-6-12(16)5-4-11(14)8-18/h4-8,11,14,19H,2H2,1,3H3. The first kappa shape index (κ1) is 13.7. The Morgan fingerprint density at radius 2 is 2.26 bits per heavy atom. The van der Waals surface area contributed by atoms with Crippen LogP contribution in [0, 0.1) is 12.8 Å². The van der Waals surface area contributed by atoms with E-state index in [1.807, 2.05) is 30.7 Å². The molecule has 2 unspecified atom stereocenters. The summed E-state index contributed by atoms with van der Waals surface area (Å²) in [6.07, 6.45) is 6.31. The highest BCUT2D eigenvalue weighted by Crippen LogP contribution is 2.35. The number of halogens is 1. The van der Waals surface area contributed by atoms with Crippen LogP contribution in [0.5, 0.6) is 0 Å². The quantitative estimate of drug-likeness (QED) is 0.679. The molecule has 2 rings (SSSR count). The minimum Gasteiger partial charge on any atom is -0.508 e. The fourth-order valence-electron chi connectivity index (χ4n) is 2.41. The van der Waals surface area contributed by atoms with Crippen LogP contribution >= 0.6 is 11.6 Å². The van der Waals surface area contributed by atoms with Crippen molar-refractivity contribution >= 4 is 23.6 Å². The van der Waals surface area contributed by atoms with Crippen molar-refractivity contribution < 1.29 is 9.90 Å². The lowest BCUT2D eigenvalue weighted by Gasteiger charge is -2.21. The molecule has 0 bridgehead atoms. The predicted octanol–water partition coefficient (Wildman–Crippen LogP) is 3.45. The smallest absolute Gasteiger partial charge is 0.127 e. The van der Waals surface area contributed by atoms with Crippen molar-refractivity contribution in [1.29, 1.82) is 0 Å². The first-order chi connectivity index (χ1) is 8.95. The van der Waals surface area contributed by atoms with Crippen LogP contribution in [0.3, 0.4) is 0 Å². The monoisotopic (exact) mass is 277 g/mol. The maximum absolute atomic E-state index is 11.2. The van der Waals surface area contributed by atoms with Crippen molar-refractivity contribution in [3.8, 4) is 0 Å². The van der Waals surface area contributed by atoms with Crippen molar-refractivity contribution in [3.05, 3.63) is 52.9 Å². The van der Waals surface area contributed by atoms with Crippen molar-refractivity contribution in [1.82, 2.24) is 4.57 Å². The predicted molar refractivity (Wildman–Crippen MR) is 77.2 cm³/mol. The molecule has 0 aromatic carbocycles. The third kappa shape index (κ3) is 2.38. The number of carbonyl (C=O) groups excluding carboxylic acids is 1. The lowest BCUT2D eigenvalue weighted by Crippen LogP contribution is -2.16. The summed E-state index contributed by atoms with van der Waals surface area (Å²) < 4.78 is 1.96. The molecule has 1 aliphatic carbocycles. The highest BCUT2D eigenvalue weighted by Gasteiger charge is 2.26. The maximum Gasteiger partial charge on any atom is 0.127 e. The van der Waals surface area contributed by atoms with Gasteiger partial charge in [-0.3, -0.25) is 0 Å². The summed E-state index contributed by atoms with van der Waals surface area (Å²) in [7, 11) is 1.90. The largest absolute Gasteiger partial charge is 0.508 e. The average Bonchev–Trinajstić information content (AvgIpc) is 2.66. The van der Waals surface area contributed by atoms with Gasteiger partial charge in [0.1, 0.15) is 12.0 Å². The number of aliphatic hydroxyl groups excluding tert-OH is 1. The van der Waals surface area contributed by atoms with Gasteiger partial charge < -0.3 is 14.5 Å². The third-order valence-electron chi connectivity index (χ3n) is 3.61. The lowest BCUT2D eigenvalue weighted by atomic mass is 9.86. The molecule has 1 aromatic heterocycles. The highest BCUT2D eigenvalue weighted by molar-refractivity contribution is 6.31. The summed E-state index contributed by atoms with van der Waals surface area (Å²) in [6, 6.07) is 1.86. The molecule has 0 aliphatic heterocycles. The number of rotatable bonds is 3. The molecule has 1 heterocycles. The van der Waals surface area contributed by atoms with Crippen LogP contribution in [0.25, 0.3) is 5.76 Å². The molecule has 0 saturated carbocycles. The van der Waals surface area contributed by atoms with Crippen LogP contribution in [0.4, 0.5) is 0 Å². The van der Waals surface area contributed by atoms with Gasteiger partial charge in [-0.25, -0.2) is 0 Å². The molecule has 4 heteroatoms. The van der Waals surface area contributed by atoms with Crippen LogP contribution in [0.1, 0.15) is 22.9 Å². The first-order valence-electron chi connectivity index (χ1n) is 6.01. The Morgan fingerprint density at radius 1 is 1.58 bits per heavy atom. The maximum atomic E-state index is 11.2. The van der Waals surface area contributed by atoms with Crippen molar-refractivity contribution in [3.63, 3.8) is 0 Å². The molecule has 0 spiro atoms. The van der Waals surface area contributed by atoms with E-state index >= 15 is 0 Å². The van der Waals surface area contributed by atoms with Crippen molar-refractivity contribution in [2.24, 2.45) is 13.0 Å². The van der Waals surface area contributed by atoms with E-state index in [-0.39, 0.29) is 17.6 Å². The zero-order valence-electron chi connectivity index (χ0n) is 10.9. The number of nitrogens with zero attached hydrogens (tertiary/aromatic N) is 1. The summed E-state index contributed by atoms with van der Waals surface area (Å²) in [5, 5.41) is 10.2. The molecule has 3 nitrogen and oxygen atoms in total. The van der Waals surface area contributed by atoms with E-state index in [0.29, 0.717) is 10.6 Å². The molecule has 0 saturated heterocycles. The first-order valence-corrected chi connectivity index (χ1v) is 6.38. The van der Waals surface area contributed by atoms with Gasteiger partial charge in [-0.2, -0.15) is 0 Å². The van der Waals surface area contributed by atoms with Gasteiger partial charge in [0, 0.05) is 40.9 Å². The molecule has 19 heavy (non-hydrogen) atoms. The Morgan fingerprint density at radius 3 is 2.79 bits per heavy atom. The van der Waals surface area contributed by atoms with Gasteiger partial charge in [0.15, 0.2) is 0 Å². The number of aldehydes is 1. The van der Waals surface area contributed by atoms with Crippen LogP contribution in [-0.2, 0) is 11.8 Å². The van der Waals surface area contributed by atoms with Gasteiger partial charge in [-0.15, -0.1) is 0 Å². The molecule has 0 fully saturated rings. The van der Waals surface area contributed by atoms with E-state index in [1.54, 1.807) is 12.2 Å². The SMILES string of the molecule is C=C(O)c1cc(C2C=C(Cl)C=CC2C=O)n(C)c1C. The van der Waals surface area contributed by atoms with Gasteiger partial charge in [-0.05, 0) is 19.1 Å². The normalized spacial score (nSPS) is 22.2. The summed E-state index contributed by atoms with van der Waals surface area (Å²) in [5.74, 6) is -0.328. The Kier molecular flexibility index (Phi) is 3.67. The number of aromatic nitrogens is 1. The molecule has 2 atom stereocenters. The van der Waals surface area contributed by atoms with Crippen LogP contribution in [-0.4, -0.2) is 16.0 Å². The van der Waals surface area contributed by atoms with E-state index < -0.39 is 0 Å². The molecule has 1 N–H and O–H groups in total. The number of hydrogen-bond donors (Lipinski definition) is 1. The fraction of sp³-hybridized carbons (Fsp3) is 0.267. The second kappa shape index (κ2) is 5.10. The second-order valence-corrected chi connectivity index (χ2v) is 5.16. The zero-order chi connectivity index (χ0) is 14.2. The summed E-state index contributed by atoms with van der Waals surface area (Å²) in [5.41, 5.74) is 2.54. The summed E-state index contributed by atoms with van der Waals surface area (Å²) in [4.78, 5) is 11.2.